The minimum atomic E-state index is 0. The highest BCUT2D eigenvalue weighted by molar-refractivity contribution is 9.10. The van der Waals surface area contributed by atoms with Crippen LogP contribution in [-0.4, -0.2) is 13.2 Å². The molecule has 3 rings (SSSR count). The predicted octanol–water partition coefficient (Wildman–Crippen LogP) is 6.14. The Labute approximate surface area is 175 Å². The van der Waals surface area contributed by atoms with E-state index in [1.165, 1.54) is 31.2 Å². The largest absolute Gasteiger partial charge is 0.493 e. The van der Waals surface area contributed by atoms with Crippen LogP contribution in [0.4, 0.5) is 0 Å². The maximum Gasteiger partial charge on any atom is 0.175 e. The van der Waals surface area contributed by atoms with Gasteiger partial charge >= 0.3 is 0 Å². The predicted molar refractivity (Wildman–Crippen MR) is 113 cm³/mol. The van der Waals surface area contributed by atoms with Crippen LogP contribution >= 0.6 is 39.9 Å². The van der Waals surface area contributed by atoms with Gasteiger partial charge in [-0.05, 0) is 64.2 Å². The molecule has 26 heavy (non-hydrogen) atoms. The summed E-state index contributed by atoms with van der Waals surface area (Å²) >= 11 is 9.55. The van der Waals surface area contributed by atoms with E-state index in [4.69, 9.17) is 21.1 Å². The van der Waals surface area contributed by atoms with E-state index in [-0.39, 0.29) is 12.4 Å². The smallest absolute Gasteiger partial charge is 0.175 e. The summed E-state index contributed by atoms with van der Waals surface area (Å²) in [6, 6.07) is 12.4. The van der Waals surface area contributed by atoms with E-state index in [0.717, 1.165) is 33.1 Å². The van der Waals surface area contributed by atoms with Crippen LogP contribution in [0.1, 0.15) is 36.8 Å². The van der Waals surface area contributed by atoms with Crippen molar-refractivity contribution in [2.75, 3.05) is 7.11 Å². The zero-order valence-electron chi connectivity index (χ0n) is 14.8. The van der Waals surface area contributed by atoms with Crippen molar-refractivity contribution in [3.8, 4) is 11.5 Å². The number of ether oxygens (including phenoxy) is 2. The molecule has 2 aromatic rings. The molecule has 0 spiro atoms. The molecule has 0 aliphatic heterocycles. The molecule has 0 radical (unpaired) electrons. The van der Waals surface area contributed by atoms with Gasteiger partial charge in [-0.25, -0.2) is 0 Å². The highest BCUT2D eigenvalue weighted by Crippen LogP contribution is 2.37. The van der Waals surface area contributed by atoms with Crippen LogP contribution in [0.5, 0.6) is 11.5 Å². The SMILES string of the molecule is COc1cc(CNC2CCCC2)cc(Br)c1OCc1ccc(Cl)cc1.Cl. The van der Waals surface area contributed by atoms with Gasteiger partial charge in [0.2, 0.25) is 0 Å². The normalized spacial score (nSPS) is 14.1. The van der Waals surface area contributed by atoms with E-state index in [9.17, 15) is 0 Å². The fourth-order valence-electron chi connectivity index (χ4n) is 3.14. The summed E-state index contributed by atoms with van der Waals surface area (Å²) in [6.45, 7) is 1.31. The molecule has 142 valence electrons. The van der Waals surface area contributed by atoms with Crippen LogP contribution in [-0.2, 0) is 13.2 Å². The Balaban J connectivity index is 0.00000243. The number of methoxy groups -OCH3 is 1. The molecule has 0 bridgehead atoms. The summed E-state index contributed by atoms with van der Waals surface area (Å²) in [6.07, 6.45) is 5.23. The standard InChI is InChI=1S/C20H23BrClNO2.ClH/c1-24-19-11-15(12-23-17-4-2-3-5-17)10-18(21)20(19)25-13-14-6-8-16(22)9-7-14;/h6-11,17,23H,2-5,12-13H2,1H3;1H. The molecule has 0 unspecified atom stereocenters. The van der Waals surface area contributed by atoms with Gasteiger partial charge in [0, 0.05) is 17.6 Å². The average Bonchev–Trinajstić information content (AvgIpc) is 3.13. The van der Waals surface area contributed by atoms with E-state index in [0.29, 0.717) is 12.6 Å². The van der Waals surface area contributed by atoms with Crippen LogP contribution in [0.3, 0.4) is 0 Å². The van der Waals surface area contributed by atoms with E-state index < -0.39 is 0 Å². The molecule has 0 heterocycles. The maximum absolute atomic E-state index is 5.98. The Hall–Kier alpha value is -0.940. The molecule has 2 aromatic carbocycles. The monoisotopic (exact) mass is 459 g/mol. The molecular formula is C20H24BrCl2NO2. The van der Waals surface area contributed by atoms with Gasteiger partial charge < -0.3 is 14.8 Å². The van der Waals surface area contributed by atoms with E-state index in [2.05, 4.69) is 27.3 Å². The van der Waals surface area contributed by atoms with Crippen molar-refractivity contribution in [1.82, 2.24) is 5.32 Å². The average molecular weight is 461 g/mol. The lowest BCUT2D eigenvalue weighted by Crippen LogP contribution is -2.25. The number of rotatable bonds is 7. The molecule has 1 fully saturated rings. The molecule has 6 heteroatoms. The first kappa shape index (κ1) is 21.4. The number of hydrogen-bond donors (Lipinski definition) is 1. The molecule has 0 amide bonds. The van der Waals surface area contributed by atoms with Gasteiger partial charge in [0.15, 0.2) is 11.5 Å². The van der Waals surface area contributed by atoms with Gasteiger partial charge in [0.05, 0.1) is 11.6 Å². The third-order valence-corrected chi connectivity index (χ3v) is 5.38. The van der Waals surface area contributed by atoms with Gasteiger partial charge in [-0.2, -0.15) is 0 Å². The lowest BCUT2D eigenvalue weighted by atomic mass is 10.1. The minimum absolute atomic E-state index is 0. The van der Waals surface area contributed by atoms with Gasteiger partial charge in [0.1, 0.15) is 6.61 Å². The minimum Gasteiger partial charge on any atom is -0.493 e. The fourth-order valence-corrected chi connectivity index (χ4v) is 3.87. The molecule has 0 aromatic heterocycles. The number of benzene rings is 2. The molecule has 0 atom stereocenters. The second-order valence-electron chi connectivity index (χ2n) is 6.39. The summed E-state index contributed by atoms with van der Waals surface area (Å²) in [4.78, 5) is 0. The van der Waals surface area contributed by atoms with Crippen LogP contribution in [0.2, 0.25) is 5.02 Å². The lowest BCUT2D eigenvalue weighted by molar-refractivity contribution is 0.282. The Morgan fingerprint density at radius 1 is 1.12 bits per heavy atom. The zero-order valence-corrected chi connectivity index (χ0v) is 17.9. The highest BCUT2D eigenvalue weighted by atomic mass is 79.9. The van der Waals surface area contributed by atoms with Crippen molar-refractivity contribution in [3.05, 3.63) is 57.0 Å². The first-order valence-corrected chi connectivity index (χ1v) is 9.80. The van der Waals surface area contributed by atoms with E-state index in [1.807, 2.05) is 30.3 Å². The Kier molecular flexibility index (Phi) is 8.55. The molecule has 1 N–H and O–H groups in total. The summed E-state index contributed by atoms with van der Waals surface area (Å²) in [5, 5.41) is 4.35. The molecule has 3 nitrogen and oxygen atoms in total. The van der Waals surface area contributed by atoms with Crippen LogP contribution in [0.25, 0.3) is 0 Å². The number of hydrogen-bond acceptors (Lipinski definition) is 3. The maximum atomic E-state index is 5.98. The lowest BCUT2D eigenvalue weighted by Gasteiger charge is -2.16. The molecule has 1 aliphatic rings. The first-order valence-electron chi connectivity index (χ1n) is 8.63. The summed E-state index contributed by atoms with van der Waals surface area (Å²) in [5.74, 6) is 1.47. The summed E-state index contributed by atoms with van der Waals surface area (Å²) < 4.78 is 12.4. The second-order valence-corrected chi connectivity index (χ2v) is 7.68. The second kappa shape index (κ2) is 10.4. The zero-order chi connectivity index (χ0) is 17.6. The topological polar surface area (TPSA) is 30.5 Å². The fraction of sp³-hybridized carbons (Fsp3) is 0.400. The van der Waals surface area contributed by atoms with Crippen molar-refractivity contribution in [1.29, 1.82) is 0 Å². The highest BCUT2D eigenvalue weighted by Gasteiger charge is 2.16. The molecule has 0 saturated heterocycles. The molecule has 1 saturated carbocycles. The van der Waals surface area contributed by atoms with Crippen LogP contribution < -0.4 is 14.8 Å². The van der Waals surface area contributed by atoms with Crippen molar-refractivity contribution in [2.45, 2.75) is 44.9 Å². The Bertz CT molecular complexity index is 704. The number of halogens is 3. The molecule has 1 aliphatic carbocycles. The van der Waals surface area contributed by atoms with Gasteiger partial charge in [0.25, 0.3) is 0 Å². The van der Waals surface area contributed by atoms with Crippen molar-refractivity contribution in [3.63, 3.8) is 0 Å². The van der Waals surface area contributed by atoms with E-state index >= 15 is 0 Å². The third-order valence-electron chi connectivity index (χ3n) is 4.54. The van der Waals surface area contributed by atoms with Crippen molar-refractivity contribution >= 4 is 39.9 Å². The van der Waals surface area contributed by atoms with Crippen molar-refractivity contribution in [2.24, 2.45) is 0 Å². The Morgan fingerprint density at radius 2 is 1.81 bits per heavy atom. The Morgan fingerprint density at radius 3 is 2.46 bits per heavy atom. The van der Waals surface area contributed by atoms with Crippen LogP contribution in [0, 0.1) is 0 Å². The van der Waals surface area contributed by atoms with E-state index in [1.54, 1.807) is 7.11 Å². The molecular weight excluding hydrogens is 437 g/mol. The third kappa shape index (κ3) is 5.78. The first-order chi connectivity index (χ1) is 12.2. The van der Waals surface area contributed by atoms with Gasteiger partial charge in [-0.3, -0.25) is 0 Å². The van der Waals surface area contributed by atoms with Gasteiger partial charge in [-0.15, -0.1) is 12.4 Å². The number of nitrogens with one attached hydrogen (secondary N) is 1. The van der Waals surface area contributed by atoms with Crippen LogP contribution in [0.15, 0.2) is 40.9 Å². The quantitative estimate of drug-likeness (QED) is 0.537. The van der Waals surface area contributed by atoms with Crippen molar-refractivity contribution < 1.29 is 9.47 Å². The summed E-state index contributed by atoms with van der Waals surface area (Å²) in [7, 11) is 1.67. The summed E-state index contributed by atoms with van der Waals surface area (Å²) in [5.41, 5.74) is 2.25. The van der Waals surface area contributed by atoms with Gasteiger partial charge in [-0.1, -0.05) is 36.6 Å².